The van der Waals surface area contributed by atoms with E-state index in [0.717, 1.165) is 49.1 Å². The van der Waals surface area contributed by atoms with Crippen molar-refractivity contribution in [2.75, 3.05) is 6.61 Å². The summed E-state index contributed by atoms with van der Waals surface area (Å²) < 4.78 is 53.9. The Balaban J connectivity index is 1.37. The molecule has 2 aromatic rings. The van der Waals surface area contributed by atoms with Gasteiger partial charge in [-0.05, 0) is 112 Å². The Morgan fingerprint density at radius 2 is 1.61 bits per heavy atom. The largest absolute Gasteiger partial charge is 0.486 e. The number of benzene rings is 2. The van der Waals surface area contributed by atoms with Gasteiger partial charge in [-0.2, -0.15) is 8.78 Å². The second kappa shape index (κ2) is 13.2. The highest BCUT2D eigenvalue weighted by atomic mass is 19.2. The number of hydrogen-bond acceptors (Lipinski definition) is 3. The molecule has 0 aliphatic heterocycles. The highest BCUT2D eigenvalue weighted by Gasteiger charge is 2.36. The first-order valence-corrected chi connectivity index (χ1v) is 13.8. The number of ether oxygens (including phenoxy) is 2. The van der Waals surface area contributed by atoms with Gasteiger partial charge in [0.05, 0.1) is 5.56 Å². The summed E-state index contributed by atoms with van der Waals surface area (Å²) in [5, 5.41) is 0. The van der Waals surface area contributed by atoms with E-state index >= 15 is 4.39 Å². The van der Waals surface area contributed by atoms with Crippen molar-refractivity contribution in [2.45, 2.75) is 71.1 Å². The van der Waals surface area contributed by atoms with Gasteiger partial charge in [-0.1, -0.05) is 36.8 Å². The zero-order valence-electron chi connectivity index (χ0n) is 22.2. The van der Waals surface area contributed by atoms with Gasteiger partial charge >= 0.3 is 5.97 Å². The van der Waals surface area contributed by atoms with Crippen LogP contribution in [0.3, 0.4) is 0 Å². The van der Waals surface area contributed by atoms with Crippen LogP contribution in [0.25, 0.3) is 0 Å². The minimum Gasteiger partial charge on any atom is -0.486 e. The van der Waals surface area contributed by atoms with Crippen LogP contribution in [-0.2, 0) is 0 Å². The molecule has 204 valence electrons. The van der Waals surface area contributed by atoms with Gasteiger partial charge in [0, 0.05) is 0 Å². The number of hydrogen-bond donors (Lipinski definition) is 0. The fraction of sp³-hybridized carbons (Fsp3) is 0.469. The molecule has 0 bridgehead atoms. The van der Waals surface area contributed by atoms with Crippen LogP contribution in [0.5, 0.6) is 11.5 Å². The molecule has 38 heavy (non-hydrogen) atoms. The van der Waals surface area contributed by atoms with Crippen LogP contribution < -0.4 is 9.47 Å². The van der Waals surface area contributed by atoms with Crippen LogP contribution >= 0.6 is 0 Å². The summed E-state index contributed by atoms with van der Waals surface area (Å²) >= 11 is 0. The zero-order chi connectivity index (χ0) is 27.1. The molecular formula is C32H37F3O3. The molecule has 0 N–H and O–H groups in total. The quantitative estimate of drug-likeness (QED) is 0.186. The van der Waals surface area contributed by atoms with Crippen LogP contribution in [-0.4, -0.2) is 12.6 Å². The number of rotatable bonds is 9. The standard InChI is InChI=1S/C32H37F3O3/c1-3-5-7-8-21-9-10-23-19-24(12-11-22(23)18-21)25-13-14-26(27(33)20-25)32(36)38-29-16-15-28(30(34)31(29)35)37-17-6-4-2/h3-6,13-16,20-24H,7-12,17-19H2,1-2H3/b5-3+,6-4+. The molecule has 0 spiro atoms. The first-order chi connectivity index (χ1) is 18.4. The number of esters is 1. The molecule has 0 saturated heterocycles. The van der Waals surface area contributed by atoms with Gasteiger partial charge in [0.25, 0.3) is 0 Å². The van der Waals surface area contributed by atoms with E-state index in [2.05, 4.69) is 19.1 Å². The molecule has 4 rings (SSSR count). The summed E-state index contributed by atoms with van der Waals surface area (Å²) in [6.45, 7) is 3.92. The second-order valence-corrected chi connectivity index (χ2v) is 10.6. The Hall–Kier alpha value is -3.02. The van der Waals surface area contributed by atoms with E-state index in [-0.39, 0.29) is 23.8 Å². The molecule has 4 unspecified atom stereocenters. The summed E-state index contributed by atoms with van der Waals surface area (Å²) in [6.07, 6.45) is 17.2. The Morgan fingerprint density at radius 1 is 0.895 bits per heavy atom. The molecule has 2 saturated carbocycles. The van der Waals surface area contributed by atoms with Gasteiger partial charge in [0.1, 0.15) is 12.4 Å². The van der Waals surface area contributed by atoms with Crippen LogP contribution in [0, 0.1) is 35.2 Å². The van der Waals surface area contributed by atoms with Crippen LogP contribution in [0.15, 0.2) is 54.6 Å². The molecule has 3 nitrogen and oxygen atoms in total. The molecule has 0 heterocycles. The first kappa shape index (κ1) is 28.0. The van der Waals surface area contributed by atoms with Crippen molar-refractivity contribution < 1.29 is 27.4 Å². The summed E-state index contributed by atoms with van der Waals surface area (Å²) in [5.74, 6) is -2.83. The summed E-state index contributed by atoms with van der Waals surface area (Å²) in [6, 6.07) is 6.83. The molecule has 6 heteroatoms. The Bertz CT molecular complexity index is 1170. The van der Waals surface area contributed by atoms with Crippen molar-refractivity contribution in [3.05, 3.63) is 83.2 Å². The molecule has 0 amide bonds. The smallest absolute Gasteiger partial charge is 0.346 e. The molecule has 2 aromatic carbocycles. The van der Waals surface area contributed by atoms with Crippen molar-refractivity contribution in [3.8, 4) is 11.5 Å². The van der Waals surface area contributed by atoms with E-state index < -0.39 is 29.2 Å². The fourth-order valence-electron chi connectivity index (χ4n) is 6.09. The van der Waals surface area contributed by atoms with Crippen LogP contribution in [0.2, 0.25) is 0 Å². The topological polar surface area (TPSA) is 35.5 Å². The van der Waals surface area contributed by atoms with Gasteiger partial charge in [-0.25, -0.2) is 9.18 Å². The number of carbonyl (C=O) groups excluding carboxylic acids is 1. The molecule has 2 fully saturated rings. The predicted octanol–water partition coefficient (Wildman–Crippen LogP) is 8.93. The minimum atomic E-state index is -1.36. The van der Waals surface area contributed by atoms with Crippen molar-refractivity contribution in [3.63, 3.8) is 0 Å². The zero-order valence-corrected chi connectivity index (χ0v) is 22.2. The predicted molar refractivity (Wildman–Crippen MR) is 143 cm³/mol. The lowest BCUT2D eigenvalue weighted by molar-refractivity contribution is 0.0721. The number of halogens is 3. The van der Waals surface area contributed by atoms with Gasteiger partial charge in [0.15, 0.2) is 11.5 Å². The van der Waals surface area contributed by atoms with E-state index in [4.69, 9.17) is 9.47 Å². The van der Waals surface area contributed by atoms with Crippen molar-refractivity contribution in [2.24, 2.45) is 17.8 Å². The van der Waals surface area contributed by atoms with Gasteiger partial charge in [-0.3, -0.25) is 0 Å². The Labute approximate surface area is 223 Å². The second-order valence-electron chi connectivity index (χ2n) is 10.6. The Kier molecular flexibility index (Phi) is 9.70. The lowest BCUT2D eigenvalue weighted by atomic mass is 9.63. The third-order valence-electron chi connectivity index (χ3n) is 8.17. The van der Waals surface area contributed by atoms with E-state index in [1.165, 1.54) is 43.9 Å². The number of allylic oxidation sites excluding steroid dienone is 3. The SMILES string of the molecule is C/C=C/CCC1CCC2CC(c3ccc(C(=O)Oc4ccc(OC/C=C/C)c(F)c4F)c(F)c3)CCC2C1. The Morgan fingerprint density at radius 3 is 2.37 bits per heavy atom. The molecule has 4 atom stereocenters. The summed E-state index contributed by atoms with van der Waals surface area (Å²) in [4.78, 5) is 12.6. The van der Waals surface area contributed by atoms with Gasteiger partial charge in [-0.15, -0.1) is 0 Å². The first-order valence-electron chi connectivity index (χ1n) is 13.8. The van der Waals surface area contributed by atoms with Crippen molar-refractivity contribution in [1.82, 2.24) is 0 Å². The normalized spacial score (nSPS) is 23.5. The third-order valence-corrected chi connectivity index (χ3v) is 8.17. The molecule has 0 radical (unpaired) electrons. The van der Waals surface area contributed by atoms with Crippen molar-refractivity contribution >= 4 is 5.97 Å². The highest BCUT2D eigenvalue weighted by Crippen LogP contribution is 2.48. The average molecular weight is 527 g/mol. The maximum atomic E-state index is 15.0. The maximum absolute atomic E-state index is 15.0. The van der Waals surface area contributed by atoms with Crippen LogP contribution in [0.1, 0.15) is 87.1 Å². The fourth-order valence-corrected chi connectivity index (χ4v) is 6.09. The number of carbonyl (C=O) groups is 1. The van der Waals surface area contributed by atoms with Gasteiger partial charge < -0.3 is 9.47 Å². The third kappa shape index (κ3) is 6.69. The summed E-state index contributed by atoms with van der Waals surface area (Å²) in [5.41, 5.74) is 0.574. The average Bonchev–Trinajstić information content (AvgIpc) is 2.92. The number of fused-ring (bicyclic) bond motifs is 1. The van der Waals surface area contributed by atoms with E-state index in [1.807, 2.05) is 0 Å². The van der Waals surface area contributed by atoms with Crippen molar-refractivity contribution in [1.29, 1.82) is 0 Å². The van der Waals surface area contributed by atoms with Crippen LogP contribution in [0.4, 0.5) is 13.2 Å². The lowest BCUT2D eigenvalue weighted by Gasteiger charge is -2.42. The minimum absolute atomic E-state index is 0.0728. The summed E-state index contributed by atoms with van der Waals surface area (Å²) in [7, 11) is 0. The van der Waals surface area contributed by atoms with E-state index in [0.29, 0.717) is 5.92 Å². The molecule has 0 aromatic heterocycles. The monoisotopic (exact) mass is 526 g/mol. The lowest BCUT2D eigenvalue weighted by Crippen LogP contribution is -2.30. The highest BCUT2D eigenvalue weighted by molar-refractivity contribution is 5.91. The van der Waals surface area contributed by atoms with E-state index in [1.54, 1.807) is 25.1 Å². The maximum Gasteiger partial charge on any atom is 0.346 e. The molecule has 2 aliphatic carbocycles. The molecule has 2 aliphatic rings. The van der Waals surface area contributed by atoms with Gasteiger partial charge in [0.2, 0.25) is 11.6 Å². The molecular weight excluding hydrogens is 489 g/mol. The van der Waals surface area contributed by atoms with E-state index in [9.17, 15) is 13.6 Å².